The first kappa shape index (κ1) is 25.6. The van der Waals surface area contributed by atoms with Gasteiger partial charge in [0, 0.05) is 47.9 Å². The zero-order valence-corrected chi connectivity index (χ0v) is 21.5. The molecule has 0 atom stereocenters. The Labute approximate surface area is 206 Å². The molecule has 3 heteroatoms. The van der Waals surface area contributed by atoms with Crippen LogP contribution in [0.3, 0.4) is 0 Å². The number of para-hydroxylation sites is 2. The van der Waals surface area contributed by atoms with E-state index in [0.29, 0.717) is 6.42 Å². The minimum absolute atomic E-state index is 0.0330. The molecule has 1 N–H and O–H groups in total. The van der Waals surface area contributed by atoms with Gasteiger partial charge in [-0.15, -0.1) is 0 Å². The Morgan fingerprint density at radius 3 is 2.50 bits per heavy atom. The van der Waals surface area contributed by atoms with E-state index in [2.05, 4.69) is 118 Å². The van der Waals surface area contributed by atoms with Crippen molar-refractivity contribution >= 4 is 17.7 Å². The molecule has 2 aromatic rings. The molecule has 0 fully saturated rings. The number of carbonyl (C=O) groups excluding carboxylic acids is 1. The summed E-state index contributed by atoms with van der Waals surface area (Å²) < 4.78 is 0. The third-order valence-electron chi connectivity index (χ3n) is 7.21. The molecule has 0 bridgehead atoms. The largest absolute Gasteiger partial charge is 0.385 e. The number of nitrogens with zero attached hydrogens (tertiary/aromatic N) is 1. The fourth-order valence-corrected chi connectivity index (χ4v) is 4.87. The van der Waals surface area contributed by atoms with Crippen molar-refractivity contribution in [1.29, 1.82) is 0 Å². The van der Waals surface area contributed by atoms with Crippen LogP contribution in [0.15, 0.2) is 84.6 Å². The van der Waals surface area contributed by atoms with Gasteiger partial charge in [0.1, 0.15) is 6.29 Å². The standard InChI is InChI=1S/C31H40N2O/c1-24(16-15-21-29-31(4,5)26-18-10-12-20-28(26)33(29)6)30(2,3)25-17-9-11-19-27(25)32-22-13-7-8-14-23-34/h9-12,15-21,23,32H,1,7-8,13-14,22H2,2-6H3/b16-15+,29-21+. The predicted octanol–water partition coefficient (Wildman–Crippen LogP) is 7.56. The lowest BCUT2D eigenvalue weighted by atomic mass is 9.77. The number of rotatable bonds is 11. The molecule has 0 unspecified atom stereocenters. The van der Waals surface area contributed by atoms with Crippen LogP contribution in [0, 0.1) is 0 Å². The van der Waals surface area contributed by atoms with Crippen LogP contribution in [-0.4, -0.2) is 19.9 Å². The van der Waals surface area contributed by atoms with Crippen molar-refractivity contribution in [3.63, 3.8) is 0 Å². The number of allylic oxidation sites excluding steroid dienone is 5. The number of benzene rings is 2. The first-order chi connectivity index (χ1) is 16.2. The monoisotopic (exact) mass is 456 g/mol. The van der Waals surface area contributed by atoms with Crippen LogP contribution >= 0.6 is 0 Å². The van der Waals surface area contributed by atoms with Gasteiger partial charge >= 0.3 is 0 Å². The van der Waals surface area contributed by atoms with Gasteiger partial charge in [0.15, 0.2) is 0 Å². The quantitative estimate of drug-likeness (QED) is 0.215. The van der Waals surface area contributed by atoms with Gasteiger partial charge < -0.3 is 15.0 Å². The Balaban J connectivity index is 1.72. The fraction of sp³-hybridized carbons (Fsp3) is 0.387. The normalized spacial score (nSPS) is 16.1. The van der Waals surface area contributed by atoms with E-state index in [9.17, 15) is 4.79 Å². The summed E-state index contributed by atoms with van der Waals surface area (Å²) in [5.41, 5.74) is 7.15. The third-order valence-corrected chi connectivity index (χ3v) is 7.21. The number of likely N-dealkylation sites (N-methyl/N-ethyl adjacent to an activating group) is 1. The second kappa shape index (κ2) is 10.9. The molecule has 2 aromatic carbocycles. The number of anilines is 2. The summed E-state index contributed by atoms with van der Waals surface area (Å²) >= 11 is 0. The smallest absolute Gasteiger partial charge is 0.119 e. The molecule has 0 aliphatic carbocycles. The van der Waals surface area contributed by atoms with Gasteiger partial charge in [-0.1, -0.05) is 89.2 Å². The molecule has 0 aromatic heterocycles. The average Bonchev–Trinajstić information content (AvgIpc) is 3.02. The minimum Gasteiger partial charge on any atom is -0.385 e. The molecule has 1 aliphatic heterocycles. The second-order valence-corrected chi connectivity index (χ2v) is 10.3. The van der Waals surface area contributed by atoms with Crippen LogP contribution in [0.5, 0.6) is 0 Å². The van der Waals surface area contributed by atoms with Crippen LogP contribution < -0.4 is 10.2 Å². The van der Waals surface area contributed by atoms with Crippen molar-refractivity contribution in [2.45, 2.75) is 64.2 Å². The van der Waals surface area contributed by atoms with E-state index < -0.39 is 0 Å². The summed E-state index contributed by atoms with van der Waals surface area (Å²) in [6.45, 7) is 14.4. The predicted molar refractivity (Wildman–Crippen MR) is 147 cm³/mol. The average molecular weight is 457 g/mol. The third kappa shape index (κ3) is 5.35. The molecule has 3 nitrogen and oxygen atoms in total. The number of fused-ring (bicyclic) bond motifs is 1. The molecule has 0 amide bonds. The summed E-state index contributed by atoms with van der Waals surface area (Å²) in [6.07, 6.45) is 11.3. The zero-order valence-electron chi connectivity index (χ0n) is 21.5. The van der Waals surface area contributed by atoms with Crippen molar-refractivity contribution in [3.8, 4) is 0 Å². The minimum atomic E-state index is -0.212. The van der Waals surface area contributed by atoms with Crippen LogP contribution in [0.1, 0.15) is 64.5 Å². The molecule has 34 heavy (non-hydrogen) atoms. The fourth-order valence-electron chi connectivity index (χ4n) is 4.87. The summed E-state index contributed by atoms with van der Waals surface area (Å²) in [5.74, 6) is 0. The lowest BCUT2D eigenvalue weighted by Gasteiger charge is -2.29. The Bertz CT molecular complexity index is 1070. The van der Waals surface area contributed by atoms with Crippen LogP contribution in [0.4, 0.5) is 11.4 Å². The van der Waals surface area contributed by atoms with Gasteiger partial charge in [-0.2, -0.15) is 0 Å². The molecule has 3 rings (SSSR count). The van der Waals surface area contributed by atoms with E-state index in [1.165, 1.54) is 22.5 Å². The summed E-state index contributed by atoms with van der Waals surface area (Å²) in [4.78, 5) is 12.8. The highest BCUT2D eigenvalue weighted by atomic mass is 16.1. The maximum atomic E-state index is 10.5. The van der Waals surface area contributed by atoms with Gasteiger partial charge in [-0.3, -0.25) is 0 Å². The SMILES string of the molecule is C=C(/C=C/C=C1/N(C)c2ccccc2C1(C)C)C(C)(C)c1ccccc1NCCCCCC=O. The Morgan fingerprint density at radius 2 is 1.76 bits per heavy atom. The highest BCUT2D eigenvalue weighted by Gasteiger charge is 2.37. The first-order valence-electron chi connectivity index (χ1n) is 12.4. The van der Waals surface area contributed by atoms with Gasteiger partial charge in [-0.05, 0) is 47.8 Å². The number of nitrogens with one attached hydrogen (secondary N) is 1. The Kier molecular flexibility index (Phi) is 8.19. The molecule has 180 valence electrons. The molecular weight excluding hydrogens is 416 g/mol. The number of unbranched alkanes of at least 4 members (excludes halogenated alkanes) is 3. The lowest BCUT2D eigenvalue weighted by molar-refractivity contribution is -0.107. The number of carbonyl (C=O) groups is 1. The second-order valence-electron chi connectivity index (χ2n) is 10.3. The van der Waals surface area contributed by atoms with Gasteiger partial charge in [0.2, 0.25) is 0 Å². The first-order valence-corrected chi connectivity index (χ1v) is 12.4. The molecule has 0 spiro atoms. The molecule has 1 aliphatic rings. The van der Waals surface area contributed by atoms with Crippen molar-refractivity contribution in [2.24, 2.45) is 0 Å². The lowest BCUT2D eigenvalue weighted by Crippen LogP contribution is -2.22. The van der Waals surface area contributed by atoms with E-state index in [1.807, 2.05) is 0 Å². The molecule has 0 radical (unpaired) electrons. The summed E-state index contributed by atoms with van der Waals surface area (Å²) in [6, 6.07) is 17.1. The van der Waals surface area contributed by atoms with Gasteiger partial charge in [0.25, 0.3) is 0 Å². The van der Waals surface area contributed by atoms with Crippen molar-refractivity contribution in [3.05, 3.63) is 95.7 Å². The van der Waals surface area contributed by atoms with E-state index in [-0.39, 0.29) is 10.8 Å². The van der Waals surface area contributed by atoms with Gasteiger partial charge in [-0.25, -0.2) is 0 Å². The Hall–Kier alpha value is -3.07. The summed E-state index contributed by atoms with van der Waals surface area (Å²) in [5, 5.41) is 3.61. The van der Waals surface area contributed by atoms with Crippen LogP contribution in [0.2, 0.25) is 0 Å². The Morgan fingerprint density at radius 1 is 1.06 bits per heavy atom. The van der Waals surface area contributed by atoms with Crippen molar-refractivity contribution < 1.29 is 4.79 Å². The zero-order chi connectivity index (χ0) is 24.8. The highest BCUT2D eigenvalue weighted by Crippen LogP contribution is 2.46. The van der Waals surface area contributed by atoms with Crippen molar-refractivity contribution in [2.75, 3.05) is 23.8 Å². The van der Waals surface area contributed by atoms with Crippen molar-refractivity contribution in [1.82, 2.24) is 0 Å². The van der Waals surface area contributed by atoms with Crippen LogP contribution in [0.25, 0.3) is 0 Å². The van der Waals surface area contributed by atoms with Crippen LogP contribution in [-0.2, 0) is 15.6 Å². The summed E-state index contributed by atoms with van der Waals surface area (Å²) in [7, 11) is 2.15. The molecule has 1 heterocycles. The maximum Gasteiger partial charge on any atom is 0.119 e. The van der Waals surface area contributed by atoms with E-state index in [1.54, 1.807) is 0 Å². The van der Waals surface area contributed by atoms with E-state index in [0.717, 1.165) is 43.4 Å². The number of aldehydes is 1. The number of hydrogen-bond acceptors (Lipinski definition) is 3. The number of hydrogen-bond donors (Lipinski definition) is 1. The highest BCUT2D eigenvalue weighted by molar-refractivity contribution is 5.70. The molecular formula is C31H40N2O. The molecule has 0 saturated heterocycles. The van der Waals surface area contributed by atoms with E-state index >= 15 is 0 Å². The molecule has 0 saturated carbocycles. The maximum absolute atomic E-state index is 10.5. The van der Waals surface area contributed by atoms with Gasteiger partial charge in [0.05, 0.1) is 0 Å². The van der Waals surface area contributed by atoms with E-state index in [4.69, 9.17) is 0 Å². The topological polar surface area (TPSA) is 32.3 Å².